The number of pyridine rings is 1. The molecular weight excluding hydrogens is 188 g/mol. The lowest BCUT2D eigenvalue weighted by atomic mass is 10.0. The second kappa shape index (κ2) is 4.01. The van der Waals surface area contributed by atoms with E-state index in [1.807, 2.05) is 19.3 Å². The molecule has 1 aromatic rings. The Labute approximate surface area is 90.1 Å². The molecule has 80 valence electrons. The number of nitrogens with zero attached hydrogens (tertiary/aromatic N) is 2. The second-order valence-electron chi connectivity index (χ2n) is 4.26. The molecule has 0 saturated carbocycles. The fraction of sp³-hybridized carbons (Fsp3) is 0.500. The topological polar surface area (TPSA) is 33.2 Å². The molecule has 2 heterocycles. The molecule has 2 rings (SSSR count). The standard InChI is InChI=1S/C12H16N2O/c1-9-5-11(8-13-7-9)14-4-3-12(15)6-10(14)2/h5,7-8,10H,3-4,6H2,1-2H3. The van der Waals surface area contributed by atoms with E-state index in [0.29, 0.717) is 24.7 Å². The molecule has 0 aliphatic carbocycles. The molecule has 3 heteroatoms. The average Bonchev–Trinajstić information content (AvgIpc) is 2.17. The largest absolute Gasteiger partial charge is 0.367 e. The maximum Gasteiger partial charge on any atom is 0.136 e. The maximum atomic E-state index is 11.3. The first-order valence-electron chi connectivity index (χ1n) is 5.37. The molecule has 1 atom stereocenters. The van der Waals surface area contributed by atoms with Gasteiger partial charge in [-0.25, -0.2) is 0 Å². The quantitative estimate of drug-likeness (QED) is 0.701. The Hall–Kier alpha value is -1.38. The number of Topliss-reactive ketones (excluding diaryl/α,β-unsaturated/α-hetero) is 1. The van der Waals surface area contributed by atoms with Gasteiger partial charge in [0.05, 0.1) is 11.9 Å². The van der Waals surface area contributed by atoms with E-state index < -0.39 is 0 Å². The Morgan fingerprint density at radius 2 is 2.27 bits per heavy atom. The van der Waals surface area contributed by atoms with Gasteiger partial charge in [0.1, 0.15) is 5.78 Å². The second-order valence-corrected chi connectivity index (χ2v) is 4.26. The molecular formula is C12H16N2O. The van der Waals surface area contributed by atoms with Gasteiger partial charge in [-0.15, -0.1) is 0 Å². The van der Waals surface area contributed by atoms with Crippen molar-refractivity contribution >= 4 is 11.5 Å². The van der Waals surface area contributed by atoms with E-state index in [4.69, 9.17) is 0 Å². The SMILES string of the molecule is Cc1cncc(N2CCC(=O)CC2C)c1. The number of ketones is 1. The number of rotatable bonds is 1. The number of hydrogen-bond acceptors (Lipinski definition) is 3. The van der Waals surface area contributed by atoms with Gasteiger partial charge in [0.15, 0.2) is 0 Å². The highest BCUT2D eigenvalue weighted by atomic mass is 16.1. The highest BCUT2D eigenvalue weighted by Crippen LogP contribution is 2.22. The maximum absolute atomic E-state index is 11.3. The molecule has 1 unspecified atom stereocenters. The predicted octanol–water partition coefficient (Wildman–Crippen LogP) is 1.95. The zero-order chi connectivity index (χ0) is 10.8. The van der Waals surface area contributed by atoms with Crippen LogP contribution < -0.4 is 4.90 Å². The van der Waals surface area contributed by atoms with E-state index in [9.17, 15) is 4.79 Å². The van der Waals surface area contributed by atoms with E-state index in [1.165, 1.54) is 0 Å². The summed E-state index contributed by atoms with van der Waals surface area (Å²) >= 11 is 0. The van der Waals surface area contributed by atoms with Gasteiger partial charge in [-0.2, -0.15) is 0 Å². The fourth-order valence-electron chi connectivity index (χ4n) is 2.09. The molecule has 1 aliphatic rings. The van der Waals surface area contributed by atoms with Crippen molar-refractivity contribution in [1.29, 1.82) is 0 Å². The van der Waals surface area contributed by atoms with Gasteiger partial charge in [-0.05, 0) is 25.5 Å². The molecule has 0 radical (unpaired) electrons. The molecule has 0 spiro atoms. The monoisotopic (exact) mass is 204 g/mol. The van der Waals surface area contributed by atoms with Crippen LogP contribution in [0.3, 0.4) is 0 Å². The number of carbonyl (C=O) groups excluding carboxylic acids is 1. The minimum absolute atomic E-state index is 0.301. The summed E-state index contributed by atoms with van der Waals surface area (Å²) in [6, 6.07) is 2.43. The molecule has 1 fully saturated rings. The molecule has 1 aliphatic heterocycles. The van der Waals surface area contributed by atoms with E-state index in [0.717, 1.165) is 17.8 Å². The van der Waals surface area contributed by atoms with Crippen molar-refractivity contribution in [1.82, 2.24) is 4.98 Å². The molecule has 0 bridgehead atoms. The number of carbonyl (C=O) groups is 1. The van der Waals surface area contributed by atoms with E-state index >= 15 is 0 Å². The number of piperidine rings is 1. The van der Waals surface area contributed by atoms with Gasteiger partial charge in [0, 0.05) is 31.6 Å². The van der Waals surface area contributed by atoms with Gasteiger partial charge < -0.3 is 4.90 Å². The predicted molar refractivity (Wildman–Crippen MR) is 60.0 cm³/mol. The summed E-state index contributed by atoms with van der Waals surface area (Å²) in [6.45, 7) is 4.96. The lowest BCUT2D eigenvalue weighted by Gasteiger charge is -2.34. The van der Waals surface area contributed by atoms with Gasteiger partial charge >= 0.3 is 0 Å². The molecule has 15 heavy (non-hydrogen) atoms. The van der Waals surface area contributed by atoms with Crippen molar-refractivity contribution in [3.63, 3.8) is 0 Å². The molecule has 3 nitrogen and oxygen atoms in total. The van der Waals surface area contributed by atoms with E-state index in [1.54, 1.807) is 0 Å². The first kappa shape index (κ1) is 10.1. The van der Waals surface area contributed by atoms with Crippen molar-refractivity contribution in [2.45, 2.75) is 32.7 Å². The van der Waals surface area contributed by atoms with Crippen LogP contribution in [-0.4, -0.2) is 23.4 Å². The Kier molecular flexibility index (Phi) is 2.71. The van der Waals surface area contributed by atoms with Gasteiger partial charge in [0.2, 0.25) is 0 Å². The summed E-state index contributed by atoms with van der Waals surface area (Å²) in [5.74, 6) is 0.374. The summed E-state index contributed by atoms with van der Waals surface area (Å²) in [5, 5.41) is 0. The summed E-state index contributed by atoms with van der Waals surface area (Å²) in [5.41, 5.74) is 2.30. The minimum Gasteiger partial charge on any atom is -0.367 e. The minimum atomic E-state index is 0.301. The van der Waals surface area contributed by atoms with Crippen LogP contribution in [0.1, 0.15) is 25.3 Å². The third kappa shape index (κ3) is 2.17. The number of hydrogen-bond donors (Lipinski definition) is 0. The number of aromatic nitrogens is 1. The van der Waals surface area contributed by atoms with Crippen molar-refractivity contribution in [2.75, 3.05) is 11.4 Å². The fourth-order valence-corrected chi connectivity index (χ4v) is 2.09. The average molecular weight is 204 g/mol. The summed E-state index contributed by atoms with van der Waals surface area (Å²) < 4.78 is 0. The van der Waals surface area contributed by atoms with Crippen molar-refractivity contribution in [3.05, 3.63) is 24.0 Å². The van der Waals surface area contributed by atoms with E-state index in [2.05, 4.69) is 22.9 Å². The lowest BCUT2D eigenvalue weighted by Crippen LogP contribution is -2.41. The summed E-state index contributed by atoms with van der Waals surface area (Å²) in [7, 11) is 0. The highest BCUT2D eigenvalue weighted by molar-refractivity contribution is 5.81. The van der Waals surface area contributed by atoms with Crippen LogP contribution in [0, 0.1) is 6.92 Å². The summed E-state index contributed by atoms with van der Waals surface area (Å²) in [4.78, 5) is 17.7. The molecule has 1 aromatic heterocycles. The van der Waals surface area contributed by atoms with Crippen LogP contribution in [-0.2, 0) is 4.79 Å². The van der Waals surface area contributed by atoms with Crippen molar-refractivity contribution < 1.29 is 4.79 Å². The third-order valence-corrected chi connectivity index (χ3v) is 2.88. The Morgan fingerprint density at radius 1 is 1.47 bits per heavy atom. The van der Waals surface area contributed by atoms with Crippen LogP contribution in [0.15, 0.2) is 18.5 Å². The third-order valence-electron chi connectivity index (χ3n) is 2.88. The van der Waals surface area contributed by atoms with Crippen LogP contribution >= 0.6 is 0 Å². The van der Waals surface area contributed by atoms with Gasteiger partial charge in [-0.1, -0.05) is 0 Å². The Bertz CT molecular complexity index is 376. The van der Waals surface area contributed by atoms with Gasteiger partial charge in [-0.3, -0.25) is 9.78 Å². The first-order chi connectivity index (χ1) is 7.16. The normalized spacial score (nSPS) is 21.9. The number of aryl methyl sites for hydroxylation is 1. The van der Waals surface area contributed by atoms with Crippen LogP contribution in [0.2, 0.25) is 0 Å². The lowest BCUT2D eigenvalue weighted by molar-refractivity contribution is -0.120. The first-order valence-corrected chi connectivity index (χ1v) is 5.37. The smallest absolute Gasteiger partial charge is 0.136 e. The highest BCUT2D eigenvalue weighted by Gasteiger charge is 2.23. The Balaban J connectivity index is 2.20. The van der Waals surface area contributed by atoms with Crippen LogP contribution in [0.4, 0.5) is 5.69 Å². The molecule has 1 saturated heterocycles. The van der Waals surface area contributed by atoms with Crippen LogP contribution in [0.25, 0.3) is 0 Å². The number of anilines is 1. The van der Waals surface area contributed by atoms with Gasteiger partial charge in [0.25, 0.3) is 0 Å². The molecule has 0 N–H and O–H groups in total. The Morgan fingerprint density at radius 3 is 2.93 bits per heavy atom. The molecule has 0 aromatic carbocycles. The van der Waals surface area contributed by atoms with E-state index in [-0.39, 0.29) is 0 Å². The van der Waals surface area contributed by atoms with Crippen molar-refractivity contribution in [3.8, 4) is 0 Å². The zero-order valence-corrected chi connectivity index (χ0v) is 9.23. The summed E-state index contributed by atoms with van der Waals surface area (Å²) in [6.07, 6.45) is 5.05. The van der Waals surface area contributed by atoms with Crippen LogP contribution in [0.5, 0.6) is 0 Å². The zero-order valence-electron chi connectivity index (χ0n) is 9.23. The van der Waals surface area contributed by atoms with Crippen molar-refractivity contribution in [2.24, 2.45) is 0 Å². The molecule has 0 amide bonds.